The van der Waals surface area contributed by atoms with Crippen LogP contribution in [0.3, 0.4) is 0 Å². The predicted molar refractivity (Wildman–Crippen MR) is 144 cm³/mol. The summed E-state index contributed by atoms with van der Waals surface area (Å²) in [5.41, 5.74) is 4.74. The van der Waals surface area contributed by atoms with Gasteiger partial charge in [0.2, 0.25) is 0 Å². The van der Waals surface area contributed by atoms with E-state index in [2.05, 4.69) is 4.72 Å². The van der Waals surface area contributed by atoms with E-state index in [1.807, 2.05) is 56.3 Å². The van der Waals surface area contributed by atoms with Gasteiger partial charge in [0.1, 0.15) is 18.0 Å². The molecule has 37 heavy (non-hydrogen) atoms. The second-order valence-electron chi connectivity index (χ2n) is 9.54. The monoisotopic (exact) mass is 521 g/mol. The van der Waals surface area contributed by atoms with Crippen LogP contribution in [0.4, 0.5) is 11.4 Å². The lowest BCUT2D eigenvalue weighted by atomic mass is 10.0. The third kappa shape index (κ3) is 5.14. The first-order valence-corrected chi connectivity index (χ1v) is 13.7. The molecule has 3 aromatic rings. The Morgan fingerprint density at radius 2 is 1.76 bits per heavy atom. The minimum absolute atomic E-state index is 0.0539. The van der Waals surface area contributed by atoms with Crippen LogP contribution in [0, 0.1) is 13.8 Å². The van der Waals surface area contributed by atoms with Gasteiger partial charge in [-0.3, -0.25) is 13.8 Å². The first kappa shape index (κ1) is 25.1. The molecule has 0 saturated carbocycles. The Hall–Kier alpha value is -3.56. The summed E-state index contributed by atoms with van der Waals surface area (Å²) in [4.78, 5) is 15.0. The highest BCUT2D eigenvalue weighted by atomic mass is 32.2. The number of methoxy groups -OCH3 is 1. The van der Waals surface area contributed by atoms with E-state index in [0.717, 1.165) is 16.7 Å². The van der Waals surface area contributed by atoms with Gasteiger partial charge in [-0.05, 0) is 55.7 Å². The second kappa shape index (κ2) is 10.1. The molecule has 0 aliphatic carbocycles. The van der Waals surface area contributed by atoms with Gasteiger partial charge in [0, 0.05) is 25.3 Å². The molecule has 3 aromatic carbocycles. The molecule has 1 amide bonds. The van der Waals surface area contributed by atoms with Gasteiger partial charge in [0.05, 0.1) is 24.5 Å². The first-order valence-electron chi connectivity index (χ1n) is 12.3. The number of rotatable bonds is 7. The third-order valence-corrected chi connectivity index (χ3v) is 8.38. The molecule has 1 saturated heterocycles. The lowest BCUT2D eigenvalue weighted by Crippen LogP contribution is -2.34. The van der Waals surface area contributed by atoms with Gasteiger partial charge in [-0.25, -0.2) is 0 Å². The van der Waals surface area contributed by atoms with Gasteiger partial charge in [-0.1, -0.05) is 42.0 Å². The summed E-state index contributed by atoms with van der Waals surface area (Å²) in [7, 11) is -2.19. The average Bonchev–Trinajstić information content (AvgIpc) is 3.50. The van der Waals surface area contributed by atoms with Gasteiger partial charge < -0.3 is 14.4 Å². The molecule has 9 heteroatoms. The SMILES string of the molecule is COC1CN(C(=O)c2cc(C)ccc2C)CC1Oc1cccc(NS(=O)(=O)N2CCc3ccccc32)c1. The third-order valence-electron chi connectivity index (χ3n) is 6.93. The summed E-state index contributed by atoms with van der Waals surface area (Å²) in [5.74, 6) is 0.442. The Morgan fingerprint density at radius 1 is 0.973 bits per heavy atom. The number of nitrogens with one attached hydrogen (secondary N) is 1. The van der Waals surface area contributed by atoms with E-state index in [0.29, 0.717) is 48.7 Å². The fraction of sp³-hybridized carbons (Fsp3) is 0.321. The summed E-state index contributed by atoms with van der Waals surface area (Å²) in [5, 5.41) is 0. The predicted octanol–water partition coefficient (Wildman–Crippen LogP) is 3.94. The molecule has 194 valence electrons. The van der Waals surface area contributed by atoms with Gasteiger partial charge in [0.15, 0.2) is 0 Å². The van der Waals surface area contributed by atoms with E-state index >= 15 is 0 Å². The van der Waals surface area contributed by atoms with Gasteiger partial charge in [-0.15, -0.1) is 0 Å². The van der Waals surface area contributed by atoms with Gasteiger partial charge >= 0.3 is 10.2 Å². The van der Waals surface area contributed by atoms with Crippen molar-refractivity contribution in [1.82, 2.24) is 4.90 Å². The van der Waals surface area contributed by atoms with E-state index in [1.54, 1.807) is 36.3 Å². The summed E-state index contributed by atoms with van der Waals surface area (Å²) < 4.78 is 42.2. The highest BCUT2D eigenvalue weighted by Gasteiger charge is 2.38. The summed E-state index contributed by atoms with van der Waals surface area (Å²) in [6.07, 6.45) is -0.0238. The normalized spacial score (nSPS) is 19.1. The molecule has 0 aromatic heterocycles. The fourth-order valence-electron chi connectivity index (χ4n) is 4.96. The molecule has 8 nitrogen and oxygen atoms in total. The van der Waals surface area contributed by atoms with Crippen LogP contribution in [0.15, 0.2) is 66.7 Å². The Labute approximate surface area is 218 Å². The van der Waals surface area contributed by atoms with Crippen molar-refractivity contribution >= 4 is 27.5 Å². The van der Waals surface area contributed by atoms with E-state index in [4.69, 9.17) is 9.47 Å². The summed E-state index contributed by atoms with van der Waals surface area (Å²) in [6.45, 7) is 5.07. The number of amides is 1. The second-order valence-corrected chi connectivity index (χ2v) is 11.1. The van der Waals surface area contributed by atoms with Crippen LogP contribution in [0.25, 0.3) is 0 Å². The number of hydrogen-bond acceptors (Lipinski definition) is 5. The number of hydrogen-bond donors (Lipinski definition) is 1. The first-order chi connectivity index (χ1) is 17.7. The number of likely N-dealkylation sites (tertiary alicyclic amines) is 1. The largest absolute Gasteiger partial charge is 0.486 e. The van der Waals surface area contributed by atoms with Gasteiger partial charge in [0.25, 0.3) is 5.91 Å². The van der Waals surface area contributed by atoms with Gasteiger partial charge in [-0.2, -0.15) is 8.42 Å². The molecule has 2 aliphatic heterocycles. The number of para-hydroxylation sites is 1. The van der Waals surface area contributed by atoms with Crippen molar-refractivity contribution in [1.29, 1.82) is 0 Å². The Morgan fingerprint density at radius 3 is 2.57 bits per heavy atom. The lowest BCUT2D eigenvalue weighted by Gasteiger charge is -2.22. The Kier molecular flexibility index (Phi) is 6.83. The van der Waals surface area contributed by atoms with Crippen molar-refractivity contribution in [3.05, 3.63) is 89.0 Å². The number of anilines is 2. The van der Waals surface area contributed by atoms with Crippen LogP contribution in [-0.2, 0) is 21.4 Å². The average molecular weight is 522 g/mol. The van der Waals surface area contributed by atoms with Crippen molar-refractivity contribution in [2.45, 2.75) is 32.5 Å². The summed E-state index contributed by atoms with van der Waals surface area (Å²) in [6, 6.07) is 20.2. The van der Waals surface area contributed by atoms with Crippen LogP contribution in [-0.4, -0.2) is 58.2 Å². The van der Waals surface area contributed by atoms with E-state index in [9.17, 15) is 13.2 Å². The van der Waals surface area contributed by atoms with Crippen molar-refractivity contribution in [2.75, 3.05) is 35.8 Å². The van der Waals surface area contributed by atoms with E-state index < -0.39 is 16.3 Å². The van der Waals surface area contributed by atoms with Crippen LogP contribution in [0.5, 0.6) is 5.75 Å². The van der Waals surface area contributed by atoms with Crippen molar-refractivity contribution < 1.29 is 22.7 Å². The Bertz CT molecular complexity index is 1420. The molecule has 0 radical (unpaired) electrons. The zero-order chi connectivity index (χ0) is 26.2. The van der Waals surface area contributed by atoms with Crippen molar-refractivity contribution in [3.8, 4) is 5.75 Å². The molecule has 2 atom stereocenters. The quantitative estimate of drug-likeness (QED) is 0.509. The standard InChI is InChI=1S/C28H31N3O5S/c1-19-11-12-20(2)24(15-19)28(32)30-17-26(35-3)27(18-30)36-23-9-6-8-22(16-23)29-37(33,34)31-14-13-21-7-4-5-10-25(21)31/h4-12,15-16,26-27,29H,13-14,17-18H2,1-3H3. The topological polar surface area (TPSA) is 88.2 Å². The maximum Gasteiger partial charge on any atom is 0.323 e. The lowest BCUT2D eigenvalue weighted by molar-refractivity contribution is 0.0340. The molecule has 2 aliphatic rings. The number of carbonyl (C=O) groups excluding carboxylic acids is 1. The molecule has 1 N–H and O–H groups in total. The molecule has 2 heterocycles. The van der Waals surface area contributed by atoms with Crippen LogP contribution in [0.2, 0.25) is 0 Å². The molecule has 0 bridgehead atoms. The number of aryl methyl sites for hydroxylation is 2. The number of fused-ring (bicyclic) bond motifs is 1. The molecule has 5 rings (SSSR count). The minimum Gasteiger partial charge on any atom is -0.486 e. The van der Waals surface area contributed by atoms with Crippen LogP contribution < -0.4 is 13.8 Å². The highest BCUT2D eigenvalue weighted by Crippen LogP contribution is 2.31. The zero-order valence-electron chi connectivity index (χ0n) is 21.2. The molecule has 2 unspecified atom stereocenters. The van der Waals surface area contributed by atoms with Crippen molar-refractivity contribution in [2.24, 2.45) is 0 Å². The van der Waals surface area contributed by atoms with E-state index in [-0.39, 0.29) is 12.0 Å². The number of benzene rings is 3. The highest BCUT2D eigenvalue weighted by molar-refractivity contribution is 7.94. The number of carbonyl (C=O) groups is 1. The Balaban J connectivity index is 1.29. The minimum atomic E-state index is -3.79. The molecular formula is C28H31N3O5S. The molecule has 1 fully saturated rings. The summed E-state index contributed by atoms with van der Waals surface area (Å²) >= 11 is 0. The van der Waals surface area contributed by atoms with Crippen LogP contribution >= 0.6 is 0 Å². The molecular weight excluding hydrogens is 490 g/mol. The maximum absolute atomic E-state index is 13.2. The van der Waals surface area contributed by atoms with E-state index in [1.165, 1.54) is 4.31 Å². The number of ether oxygens (including phenoxy) is 2. The van der Waals surface area contributed by atoms with Crippen LogP contribution in [0.1, 0.15) is 27.0 Å². The zero-order valence-corrected chi connectivity index (χ0v) is 22.0. The fourth-order valence-corrected chi connectivity index (χ4v) is 6.26. The molecule has 0 spiro atoms. The smallest absolute Gasteiger partial charge is 0.323 e. The maximum atomic E-state index is 13.2. The van der Waals surface area contributed by atoms with Crippen molar-refractivity contribution in [3.63, 3.8) is 0 Å². The number of nitrogens with zero attached hydrogens (tertiary/aromatic N) is 2.